The van der Waals surface area contributed by atoms with Crippen LogP contribution in [0, 0.1) is 17.3 Å². The molecule has 0 radical (unpaired) electrons. The van der Waals surface area contributed by atoms with Gasteiger partial charge in [0.1, 0.15) is 5.75 Å². The predicted molar refractivity (Wildman–Crippen MR) is 114 cm³/mol. The van der Waals surface area contributed by atoms with Gasteiger partial charge in [0.15, 0.2) is 0 Å². The molecule has 0 unspecified atom stereocenters. The van der Waals surface area contributed by atoms with Gasteiger partial charge in [-0.2, -0.15) is 0 Å². The molecule has 30 heavy (non-hydrogen) atoms. The number of carbonyl (C=O) groups excluding carboxylic acids is 2. The summed E-state index contributed by atoms with van der Waals surface area (Å²) in [6.45, 7) is 2.66. The molecular formula is C25H28N2O3. The van der Waals surface area contributed by atoms with Gasteiger partial charge in [-0.3, -0.25) is 9.59 Å². The molecule has 2 amide bonds. The third-order valence-corrected chi connectivity index (χ3v) is 7.24. The summed E-state index contributed by atoms with van der Waals surface area (Å²) < 4.78 is 0. The van der Waals surface area contributed by atoms with E-state index in [-0.39, 0.29) is 17.6 Å². The first-order valence-electron chi connectivity index (χ1n) is 11.0. The maximum atomic E-state index is 13.7. The van der Waals surface area contributed by atoms with Crippen LogP contribution in [0.4, 0.5) is 0 Å². The summed E-state index contributed by atoms with van der Waals surface area (Å²) in [4.78, 5) is 30.4. The van der Waals surface area contributed by atoms with Gasteiger partial charge in [0.25, 0.3) is 5.91 Å². The van der Waals surface area contributed by atoms with Crippen molar-refractivity contribution in [1.82, 2.24) is 9.80 Å². The third-order valence-electron chi connectivity index (χ3n) is 7.24. The van der Waals surface area contributed by atoms with Crippen LogP contribution in [-0.4, -0.2) is 52.9 Å². The fourth-order valence-corrected chi connectivity index (χ4v) is 5.66. The first kappa shape index (κ1) is 19.2. The van der Waals surface area contributed by atoms with Gasteiger partial charge in [0.2, 0.25) is 5.91 Å². The Morgan fingerprint density at radius 3 is 2.17 bits per heavy atom. The molecule has 2 aromatic carbocycles. The lowest BCUT2D eigenvalue weighted by Gasteiger charge is -2.50. The standard InChI is InChI=1S/C25H28N2O3/c28-22-11-9-19(10-12-22)23(29)27-16-25(17-27,13-18-5-2-1-3-6-18)24(30)26-14-20-7-4-8-21(20)15-26/h1-3,5-6,9-12,20-21,28H,4,7-8,13-17H2/t20-,21+. The molecular weight excluding hydrogens is 376 g/mol. The molecule has 0 bridgehead atoms. The van der Waals surface area contributed by atoms with Gasteiger partial charge in [0, 0.05) is 31.7 Å². The van der Waals surface area contributed by atoms with E-state index in [4.69, 9.17) is 0 Å². The number of phenolic OH excluding ortho intramolecular Hbond substituents is 1. The van der Waals surface area contributed by atoms with Crippen LogP contribution in [0.3, 0.4) is 0 Å². The molecule has 0 spiro atoms. The lowest BCUT2D eigenvalue weighted by molar-refractivity contribution is -0.150. The van der Waals surface area contributed by atoms with Crippen LogP contribution < -0.4 is 0 Å². The molecule has 3 fully saturated rings. The van der Waals surface area contributed by atoms with E-state index < -0.39 is 5.41 Å². The van der Waals surface area contributed by atoms with E-state index in [9.17, 15) is 14.7 Å². The number of hydrogen-bond donors (Lipinski definition) is 1. The van der Waals surface area contributed by atoms with E-state index >= 15 is 0 Å². The second kappa shape index (κ2) is 7.46. The van der Waals surface area contributed by atoms with Crippen LogP contribution in [0.2, 0.25) is 0 Å². The molecule has 1 saturated carbocycles. The van der Waals surface area contributed by atoms with Crippen molar-refractivity contribution >= 4 is 11.8 Å². The zero-order chi connectivity index (χ0) is 20.7. The highest BCUT2D eigenvalue weighted by molar-refractivity contribution is 5.97. The molecule has 5 heteroatoms. The Labute approximate surface area is 177 Å². The third kappa shape index (κ3) is 3.36. The maximum Gasteiger partial charge on any atom is 0.253 e. The molecule has 2 atom stereocenters. The number of aromatic hydroxyl groups is 1. The lowest BCUT2D eigenvalue weighted by Crippen LogP contribution is -2.66. The lowest BCUT2D eigenvalue weighted by atomic mass is 9.73. The molecule has 0 aromatic heterocycles. The summed E-state index contributed by atoms with van der Waals surface area (Å²) in [7, 11) is 0. The Balaban J connectivity index is 1.35. The van der Waals surface area contributed by atoms with E-state index in [1.54, 1.807) is 17.0 Å². The van der Waals surface area contributed by atoms with E-state index in [2.05, 4.69) is 17.0 Å². The second-order valence-electron chi connectivity index (χ2n) is 9.31. The van der Waals surface area contributed by atoms with Crippen molar-refractivity contribution in [2.45, 2.75) is 25.7 Å². The fraction of sp³-hybridized carbons (Fsp3) is 0.440. The minimum atomic E-state index is -0.535. The highest BCUT2D eigenvalue weighted by atomic mass is 16.3. The summed E-state index contributed by atoms with van der Waals surface area (Å²) >= 11 is 0. The largest absolute Gasteiger partial charge is 0.508 e. The molecule has 5 nitrogen and oxygen atoms in total. The molecule has 5 rings (SSSR count). The molecule has 2 aromatic rings. The van der Waals surface area contributed by atoms with Gasteiger partial charge in [-0.25, -0.2) is 0 Å². The summed E-state index contributed by atoms with van der Waals surface area (Å²) in [5, 5.41) is 9.48. The highest BCUT2D eigenvalue weighted by Crippen LogP contribution is 2.42. The smallest absolute Gasteiger partial charge is 0.253 e. The Bertz CT molecular complexity index is 923. The van der Waals surface area contributed by atoms with Crippen molar-refractivity contribution in [1.29, 1.82) is 0 Å². The SMILES string of the molecule is O=C(c1ccc(O)cc1)N1CC(Cc2ccccc2)(C(=O)N2C[C@H]3CCC[C@H]3C2)C1. The van der Waals surface area contributed by atoms with Crippen molar-refractivity contribution < 1.29 is 14.7 Å². The van der Waals surface area contributed by atoms with Crippen LogP contribution in [0.5, 0.6) is 5.75 Å². The van der Waals surface area contributed by atoms with Crippen LogP contribution in [-0.2, 0) is 11.2 Å². The van der Waals surface area contributed by atoms with Gasteiger partial charge in [-0.1, -0.05) is 36.8 Å². The first-order chi connectivity index (χ1) is 14.5. The number of carbonyl (C=O) groups is 2. The van der Waals surface area contributed by atoms with Gasteiger partial charge >= 0.3 is 0 Å². The Kier molecular flexibility index (Phi) is 4.76. The topological polar surface area (TPSA) is 60.9 Å². The number of benzene rings is 2. The number of hydrogen-bond acceptors (Lipinski definition) is 3. The van der Waals surface area contributed by atoms with E-state index in [0.29, 0.717) is 36.9 Å². The van der Waals surface area contributed by atoms with Crippen molar-refractivity contribution in [3.05, 3.63) is 65.7 Å². The summed E-state index contributed by atoms with van der Waals surface area (Å²) in [6.07, 6.45) is 4.44. The molecule has 156 valence electrons. The summed E-state index contributed by atoms with van der Waals surface area (Å²) in [5.74, 6) is 1.61. The van der Waals surface area contributed by atoms with E-state index in [0.717, 1.165) is 18.7 Å². The quantitative estimate of drug-likeness (QED) is 0.850. The monoisotopic (exact) mass is 404 g/mol. The number of fused-ring (bicyclic) bond motifs is 1. The van der Waals surface area contributed by atoms with Gasteiger partial charge in [0.05, 0.1) is 5.41 Å². The average molecular weight is 405 g/mol. The Morgan fingerprint density at radius 1 is 0.900 bits per heavy atom. The molecule has 2 aliphatic heterocycles. The molecule has 2 heterocycles. The normalized spacial score (nSPS) is 24.4. The van der Waals surface area contributed by atoms with Crippen molar-refractivity contribution in [3.63, 3.8) is 0 Å². The first-order valence-corrected chi connectivity index (χ1v) is 11.0. The van der Waals surface area contributed by atoms with E-state index in [1.165, 1.54) is 31.4 Å². The number of nitrogens with zero attached hydrogens (tertiary/aromatic N) is 2. The highest BCUT2D eigenvalue weighted by Gasteiger charge is 2.54. The Hall–Kier alpha value is -2.82. The summed E-state index contributed by atoms with van der Waals surface area (Å²) in [6, 6.07) is 16.5. The van der Waals surface area contributed by atoms with Crippen LogP contribution >= 0.6 is 0 Å². The zero-order valence-corrected chi connectivity index (χ0v) is 17.2. The molecule has 1 aliphatic carbocycles. The average Bonchev–Trinajstić information content (AvgIpc) is 3.33. The number of phenols is 1. The van der Waals surface area contributed by atoms with Crippen molar-refractivity contribution in [2.24, 2.45) is 17.3 Å². The molecule has 1 N–H and O–H groups in total. The minimum Gasteiger partial charge on any atom is -0.508 e. The Morgan fingerprint density at radius 2 is 1.53 bits per heavy atom. The predicted octanol–water partition coefficient (Wildman–Crippen LogP) is 3.34. The van der Waals surface area contributed by atoms with Gasteiger partial charge in [-0.05, 0) is 60.9 Å². The second-order valence-corrected chi connectivity index (χ2v) is 9.31. The van der Waals surface area contributed by atoms with Gasteiger partial charge in [-0.15, -0.1) is 0 Å². The zero-order valence-electron chi connectivity index (χ0n) is 17.2. The van der Waals surface area contributed by atoms with Crippen molar-refractivity contribution in [2.75, 3.05) is 26.2 Å². The fourth-order valence-electron chi connectivity index (χ4n) is 5.66. The summed E-state index contributed by atoms with van der Waals surface area (Å²) in [5.41, 5.74) is 1.15. The van der Waals surface area contributed by atoms with E-state index in [1.807, 2.05) is 18.2 Å². The number of rotatable bonds is 4. The maximum absolute atomic E-state index is 13.7. The molecule has 2 saturated heterocycles. The number of likely N-dealkylation sites (tertiary alicyclic amines) is 2. The van der Waals surface area contributed by atoms with Crippen molar-refractivity contribution in [3.8, 4) is 5.75 Å². The molecule has 3 aliphatic rings. The number of amides is 2. The minimum absolute atomic E-state index is 0.0789. The van der Waals surface area contributed by atoms with Crippen LogP contribution in [0.1, 0.15) is 35.2 Å². The van der Waals surface area contributed by atoms with Crippen LogP contribution in [0.15, 0.2) is 54.6 Å². The van der Waals surface area contributed by atoms with Gasteiger partial charge < -0.3 is 14.9 Å². The van der Waals surface area contributed by atoms with Crippen LogP contribution in [0.25, 0.3) is 0 Å².